The standard InChI is InChI=1S/C7H14O4S/c1-3-6-7(4-5-10-6)11-12(2,8)9/h6-7H,3-5H2,1-2H3/t6-,7?/m1/s1/i5T/t5?,6-,7?. The van der Waals surface area contributed by atoms with Gasteiger partial charge in [0.05, 0.1) is 13.7 Å². The van der Waals surface area contributed by atoms with Gasteiger partial charge in [-0.15, -0.1) is 0 Å². The van der Waals surface area contributed by atoms with E-state index in [1.807, 2.05) is 6.92 Å². The molecule has 0 aromatic carbocycles. The lowest BCUT2D eigenvalue weighted by Gasteiger charge is -2.15. The Balaban J connectivity index is 2.59. The van der Waals surface area contributed by atoms with Crippen LogP contribution >= 0.6 is 0 Å². The first kappa shape index (κ1) is 8.47. The molecule has 0 amide bonds. The fourth-order valence-corrected chi connectivity index (χ4v) is 1.85. The highest BCUT2D eigenvalue weighted by molar-refractivity contribution is 7.86. The Morgan fingerprint density at radius 3 is 2.92 bits per heavy atom. The van der Waals surface area contributed by atoms with E-state index < -0.39 is 22.8 Å². The number of rotatable bonds is 3. The molecule has 1 rings (SSSR count). The predicted molar refractivity (Wildman–Crippen MR) is 44.4 cm³/mol. The maximum absolute atomic E-state index is 10.8. The second kappa shape index (κ2) is 3.72. The van der Waals surface area contributed by atoms with E-state index in [0.717, 1.165) is 6.26 Å². The lowest BCUT2D eigenvalue weighted by molar-refractivity contribution is 0.0544. The van der Waals surface area contributed by atoms with Gasteiger partial charge in [-0.25, -0.2) is 0 Å². The molecule has 1 heterocycles. The molecule has 0 spiro atoms. The predicted octanol–water partition coefficient (Wildman–Crippen LogP) is 0.530. The molecule has 72 valence electrons. The molecule has 1 aliphatic rings. The van der Waals surface area contributed by atoms with Crippen molar-refractivity contribution in [2.45, 2.75) is 32.0 Å². The third-order valence-electron chi connectivity index (χ3n) is 1.71. The van der Waals surface area contributed by atoms with Crippen LogP contribution in [0.2, 0.25) is 0 Å². The summed E-state index contributed by atoms with van der Waals surface area (Å²) >= 11 is 0. The summed E-state index contributed by atoms with van der Waals surface area (Å²) in [5.41, 5.74) is 0. The van der Waals surface area contributed by atoms with Gasteiger partial charge in [-0.05, 0) is 6.42 Å². The van der Waals surface area contributed by atoms with Crippen molar-refractivity contribution in [2.24, 2.45) is 0 Å². The minimum Gasteiger partial charge on any atom is -0.375 e. The van der Waals surface area contributed by atoms with Gasteiger partial charge < -0.3 is 4.74 Å². The molecule has 4 nitrogen and oxygen atoms in total. The third-order valence-corrected chi connectivity index (χ3v) is 2.31. The lowest BCUT2D eigenvalue weighted by Crippen LogP contribution is -2.26. The minimum atomic E-state index is -3.44. The highest BCUT2D eigenvalue weighted by Gasteiger charge is 2.30. The molecule has 0 aromatic heterocycles. The van der Waals surface area contributed by atoms with E-state index >= 15 is 0 Å². The summed E-state index contributed by atoms with van der Waals surface area (Å²) in [6, 6.07) is 0. The molecule has 3 atom stereocenters. The van der Waals surface area contributed by atoms with E-state index in [1.54, 1.807) is 0 Å². The summed E-state index contributed by atoms with van der Waals surface area (Å²) < 4.78 is 38.9. The van der Waals surface area contributed by atoms with Crippen LogP contribution in [0.5, 0.6) is 0 Å². The first-order valence-electron chi connectivity index (χ1n) is 4.46. The van der Waals surface area contributed by atoms with E-state index in [4.69, 9.17) is 10.3 Å². The Hall–Kier alpha value is -0.130. The van der Waals surface area contributed by atoms with Gasteiger partial charge in [-0.1, -0.05) is 6.92 Å². The smallest absolute Gasteiger partial charge is 0.264 e. The Bertz CT molecular complexity index is 264. The average molecular weight is 196 g/mol. The van der Waals surface area contributed by atoms with Crippen LogP contribution in [0.1, 0.15) is 21.1 Å². The highest BCUT2D eigenvalue weighted by Crippen LogP contribution is 2.20. The van der Waals surface area contributed by atoms with Gasteiger partial charge in [0.15, 0.2) is 0 Å². The summed E-state index contributed by atoms with van der Waals surface area (Å²) in [6.45, 7) is 1.22. The molecule has 0 radical (unpaired) electrons. The molecule has 5 heteroatoms. The van der Waals surface area contributed by atoms with Crippen molar-refractivity contribution in [2.75, 3.05) is 12.8 Å². The molecule has 0 aromatic rings. The summed E-state index contributed by atoms with van der Waals surface area (Å²) in [6.07, 6.45) is 1.25. The Morgan fingerprint density at radius 1 is 1.75 bits per heavy atom. The lowest BCUT2D eigenvalue weighted by atomic mass is 10.1. The van der Waals surface area contributed by atoms with E-state index in [-0.39, 0.29) is 6.10 Å². The van der Waals surface area contributed by atoms with Crippen molar-refractivity contribution in [3.8, 4) is 0 Å². The van der Waals surface area contributed by atoms with Crippen LogP contribution < -0.4 is 0 Å². The molecule has 0 saturated carbocycles. The normalized spacial score (nSPS) is 38.2. The molecule has 1 aliphatic heterocycles. The van der Waals surface area contributed by atoms with Crippen LogP contribution in [0.3, 0.4) is 0 Å². The summed E-state index contributed by atoms with van der Waals surface area (Å²) in [7, 11) is -3.44. The van der Waals surface area contributed by atoms with Crippen LogP contribution in [-0.4, -0.2) is 33.5 Å². The molecule has 2 unspecified atom stereocenters. The first-order valence-corrected chi connectivity index (χ1v) is 5.70. The summed E-state index contributed by atoms with van der Waals surface area (Å²) in [4.78, 5) is 0. The fourth-order valence-electron chi connectivity index (χ4n) is 1.20. The largest absolute Gasteiger partial charge is 0.375 e. The SMILES string of the molecule is [3H]C1CC(OS(C)(=O)=O)[C@@H](CC)O1. The van der Waals surface area contributed by atoms with E-state index in [9.17, 15) is 8.42 Å². The molecule has 12 heavy (non-hydrogen) atoms. The fraction of sp³-hybridized carbons (Fsp3) is 1.00. The van der Waals surface area contributed by atoms with Crippen molar-refractivity contribution in [1.82, 2.24) is 0 Å². The van der Waals surface area contributed by atoms with Crippen molar-refractivity contribution in [1.29, 1.82) is 0 Å². The molecular weight excluding hydrogens is 180 g/mol. The van der Waals surface area contributed by atoms with E-state index in [0.29, 0.717) is 12.8 Å². The Labute approximate surface area is 74.4 Å². The van der Waals surface area contributed by atoms with Crippen LogP contribution in [0.25, 0.3) is 0 Å². The van der Waals surface area contributed by atoms with E-state index in [1.165, 1.54) is 0 Å². The average Bonchev–Trinajstić information content (AvgIpc) is 2.27. The van der Waals surface area contributed by atoms with Gasteiger partial charge in [-0.3, -0.25) is 4.18 Å². The Morgan fingerprint density at radius 2 is 2.42 bits per heavy atom. The molecule has 0 N–H and O–H groups in total. The zero-order valence-corrected chi connectivity index (χ0v) is 8.00. The van der Waals surface area contributed by atoms with Crippen molar-refractivity contribution < 1.29 is 18.7 Å². The van der Waals surface area contributed by atoms with Crippen LogP contribution in [0.4, 0.5) is 0 Å². The van der Waals surface area contributed by atoms with Gasteiger partial charge in [-0.2, -0.15) is 8.42 Å². The van der Waals surface area contributed by atoms with Crippen molar-refractivity contribution in [3.05, 3.63) is 0 Å². The quantitative estimate of drug-likeness (QED) is 0.618. The molecule has 0 aliphatic carbocycles. The number of hydrogen-bond acceptors (Lipinski definition) is 4. The molecular formula is C7H14O4S. The van der Waals surface area contributed by atoms with Gasteiger partial charge in [0.1, 0.15) is 6.10 Å². The van der Waals surface area contributed by atoms with Crippen molar-refractivity contribution >= 4 is 10.1 Å². The number of ether oxygens (including phenoxy) is 1. The second-order valence-electron chi connectivity index (χ2n) is 2.82. The van der Waals surface area contributed by atoms with Gasteiger partial charge >= 0.3 is 0 Å². The minimum absolute atomic E-state index is 0.266. The second-order valence-corrected chi connectivity index (χ2v) is 4.42. The molecule has 0 bridgehead atoms. The van der Waals surface area contributed by atoms with Crippen LogP contribution in [0, 0.1) is 0 Å². The highest BCUT2D eigenvalue weighted by atomic mass is 32.2. The first-order chi connectivity index (χ1) is 5.92. The monoisotopic (exact) mass is 196 g/mol. The topological polar surface area (TPSA) is 52.6 Å². The van der Waals surface area contributed by atoms with Crippen LogP contribution in [0.15, 0.2) is 0 Å². The summed E-state index contributed by atoms with van der Waals surface area (Å²) in [5.74, 6) is 0. The summed E-state index contributed by atoms with van der Waals surface area (Å²) in [5, 5.41) is 0. The zero-order chi connectivity index (χ0) is 10.1. The van der Waals surface area contributed by atoms with Gasteiger partial charge in [0, 0.05) is 13.0 Å². The maximum Gasteiger partial charge on any atom is 0.264 e. The maximum atomic E-state index is 10.8. The van der Waals surface area contributed by atoms with Crippen molar-refractivity contribution in [3.63, 3.8) is 0 Å². The zero-order valence-electron chi connectivity index (χ0n) is 8.19. The van der Waals surface area contributed by atoms with E-state index in [2.05, 4.69) is 0 Å². The van der Waals surface area contributed by atoms with Crippen LogP contribution in [-0.2, 0) is 19.0 Å². The Kier molecular flexibility index (Phi) is 2.63. The number of hydrogen-bond donors (Lipinski definition) is 0. The van der Waals surface area contributed by atoms with Gasteiger partial charge in [0.25, 0.3) is 10.1 Å². The molecule has 1 saturated heterocycles. The molecule has 1 fully saturated rings. The van der Waals surface area contributed by atoms with Gasteiger partial charge in [0.2, 0.25) is 0 Å². The third kappa shape index (κ3) is 2.73.